The normalized spacial score (nSPS) is 11.2. The van der Waals surface area contributed by atoms with E-state index in [0.29, 0.717) is 12.6 Å². The van der Waals surface area contributed by atoms with Crippen molar-refractivity contribution < 1.29 is 4.74 Å². The Kier molecular flexibility index (Phi) is 4.45. The zero-order valence-corrected chi connectivity index (χ0v) is 13.1. The Balaban J connectivity index is 1.75. The number of hydrogen-bond donors (Lipinski definition) is 2. The number of H-pyrrole nitrogens is 1. The summed E-state index contributed by atoms with van der Waals surface area (Å²) in [7, 11) is 0. The first kappa shape index (κ1) is 14.7. The summed E-state index contributed by atoms with van der Waals surface area (Å²) >= 11 is 0. The average Bonchev–Trinajstić information content (AvgIpc) is 2.94. The molecule has 1 aromatic heterocycles. The third-order valence-corrected chi connectivity index (χ3v) is 3.69. The van der Waals surface area contributed by atoms with Crippen LogP contribution < -0.4 is 10.1 Å². The highest BCUT2D eigenvalue weighted by Crippen LogP contribution is 2.24. The van der Waals surface area contributed by atoms with Crippen LogP contribution in [0.5, 0.6) is 5.75 Å². The van der Waals surface area contributed by atoms with E-state index in [9.17, 15) is 0 Å². The average molecular weight is 294 g/mol. The van der Waals surface area contributed by atoms with Crippen LogP contribution in [0, 0.1) is 0 Å². The Morgan fingerprint density at radius 1 is 1.09 bits per heavy atom. The van der Waals surface area contributed by atoms with E-state index in [1.165, 1.54) is 16.5 Å². The summed E-state index contributed by atoms with van der Waals surface area (Å²) in [4.78, 5) is 3.32. The topological polar surface area (TPSA) is 37.0 Å². The lowest BCUT2D eigenvalue weighted by Gasteiger charge is -2.09. The minimum absolute atomic E-state index is 0.475. The highest BCUT2D eigenvalue weighted by molar-refractivity contribution is 5.84. The predicted molar refractivity (Wildman–Crippen MR) is 91.0 cm³/mol. The monoisotopic (exact) mass is 294 g/mol. The largest absolute Gasteiger partial charge is 0.489 e. The first-order valence-corrected chi connectivity index (χ1v) is 7.72. The van der Waals surface area contributed by atoms with Gasteiger partial charge in [-0.3, -0.25) is 0 Å². The fourth-order valence-corrected chi connectivity index (χ4v) is 2.45. The molecule has 3 rings (SSSR count). The zero-order chi connectivity index (χ0) is 15.4. The van der Waals surface area contributed by atoms with Gasteiger partial charge in [0.05, 0.1) is 0 Å². The van der Waals surface area contributed by atoms with Crippen molar-refractivity contribution in [3.63, 3.8) is 0 Å². The fourth-order valence-electron chi connectivity index (χ4n) is 2.45. The second-order valence-electron chi connectivity index (χ2n) is 5.83. The summed E-state index contributed by atoms with van der Waals surface area (Å²) in [6.45, 7) is 5.77. The van der Waals surface area contributed by atoms with Crippen molar-refractivity contribution >= 4 is 10.9 Å². The number of fused-ring (bicyclic) bond motifs is 1. The molecule has 0 atom stereocenters. The van der Waals surface area contributed by atoms with Gasteiger partial charge in [-0.15, -0.1) is 0 Å². The fraction of sp³-hybridized carbons (Fsp3) is 0.263. The standard InChI is InChI=1S/C19H22N2O/c1-14(2)20-11-16-12-21-19-9-8-17(10-18(16)19)22-13-15-6-4-3-5-7-15/h3-10,12,14,20-21H,11,13H2,1-2H3. The van der Waals surface area contributed by atoms with Crippen LogP contribution in [0.25, 0.3) is 10.9 Å². The number of benzene rings is 2. The van der Waals surface area contributed by atoms with Crippen molar-refractivity contribution in [2.45, 2.75) is 33.0 Å². The Bertz CT molecular complexity index is 732. The smallest absolute Gasteiger partial charge is 0.120 e. The van der Waals surface area contributed by atoms with E-state index in [-0.39, 0.29) is 0 Å². The quantitative estimate of drug-likeness (QED) is 0.713. The Hall–Kier alpha value is -2.26. The highest BCUT2D eigenvalue weighted by atomic mass is 16.5. The molecule has 22 heavy (non-hydrogen) atoms. The van der Waals surface area contributed by atoms with E-state index in [4.69, 9.17) is 4.74 Å². The van der Waals surface area contributed by atoms with Crippen LogP contribution in [-0.4, -0.2) is 11.0 Å². The molecule has 0 saturated heterocycles. The summed E-state index contributed by atoms with van der Waals surface area (Å²) in [5, 5.41) is 4.68. The second kappa shape index (κ2) is 6.67. The van der Waals surface area contributed by atoms with Crippen LogP contribution in [0.2, 0.25) is 0 Å². The van der Waals surface area contributed by atoms with Crippen molar-refractivity contribution in [2.75, 3.05) is 0 Å². The van der Waals surface area contributed by atoms with Gasteiger partial charge in [-0.25, -0.2) is 0 Å². The van der Waals surface area contributed by atoms with E-state index in [1.807, 2.05) is 24.3 Å². The number of aromatic nitrogens is 1. The molecule has 0 aliphatic heterocycles. The van der Waals surface area contributed by atoms with E-state index in [0.717, 1.165) is 17.8 Å². The van der Waals surface area contributed by atoms with Crippen molar-refractivity contribution in [1.29, 1.82) is 0 Å². The zero-order valence-electron chi connectivity index (χ0n) is 13.1. The molecule has 0 amide bonds. The van der Waals surface area contributed by atoms with Crippen molar-refractivity contribution in [3.8, 4) is 5.75 Å². The molecular formula is C19H22N2O. The second-order valence-corrected chi connectivity index (χ2v) is 5.83. The first-order chi connectivity index (χ1) is 10.7. The summed E-state index contributed by atoms with van der Waals surface area (Å²) in [6.07, 6.45) is 2.07. The predicted octanol–water partition coefficient (Wildman–Crippen LogP) is 4.24. The maximum Gasteiger partial charge on any atom is 0.120 e. The molecule has 0 aliphatic rings. The number of rotatable bonds is 6. The molecule has 3 heteroatoms. The van der Waals surface area contributed by atoms with Gasteiger partial charge in [0, 0.05) is 29.7 Å². The van der Waals surface area contributed by atoms with Crippen LogP contribution in [0.15, 0.2) is 54.7 Å². The Labute approximate surface area is 131 Å². The van der Waals surface area contributed by atoms with Crippen molar-refractivity contribution in [1.82, 2.24) is 10.3 Å². The van der Waals surface area contributed by atoms with Gasteiger partial charge in [0.2, 0.25) is 0 Å². The van der Waals surface area contributed by atoms with Crippen LogP contribution in [0.3, 0.4) is 0 Å². The van der Waals surface area contributed by atoms with Gasteiger partial charge < -0.3 is 15.0 Å². The van der Waals surface area contributed by atoms with Gasteiger partial charge in [-0.2, -0.15) is 0 Å². The molecule has 2 N–H and O–H groups in total. The molecule has 0 fully saturated rings. The minimum Gasteiger partial charge on any atom is -0.489 e. The summed E-state index contributed by atoms with van der Waals surface area (Å²) < 4.78 is 5.92. The molecule has 2 aromatic carbocycles. The lowest BCUT2D eigenvalue weighted by molar-refractivity contribution is 0.306. The van der Waals surface area contributed by atoms with Crippen LogP contribution >= 0.6 is 0 Å². The number of ether oxygens (including phenoxy) is 1. The van der Waals surface area contributed by atoms with Gasteiger partial charge in [0.25, 0.3) is 0 Å². The molecule has 0 unspecified atom stereocenters. The van der Waals surface area contributed by atoms with Crippen LogP contribution in [0.1, 0.15) is 25.0 Å². The lowest BCUT2D eigenvalue weighted by Crippen LogP contribution is -2.21. The molecular weight excluding hydrogens is 272 g/mol. The van der Waals surface area contributed by atoms with E-state index in [2.05, 4.69) is 54.6 Å². The number of nitrogens with one attached hydrogen (secondary N) is 2. The van der Waals surface area contributed by atoms with Gasteiger partial charge in [0.15, 0.2) is 0 Å². The van der Waals surface area contributed by atoms with Gasteiger partial charge in [-0.05, 0) is 29.3 Å². The lowest BCUT2D eigenvalue weighted by atomic mass is 10.1. The summed E-state index contributed by atoms with van der Waals surface area (Å²) in [6, 6.07) is 16.9. The van der Waals surface area contributed by atoms with E-state index in [1.54, 1.807) is 0 Å². The highest BCUT2D eigenvalue weighted by Gasteiger charge is 2.06. The third-order valence-electron chi connectivity index (χ3n) is 3.69. The molecule has 1 heterocycles. The maximum atomic E-state index is 5.92. The molecule has 3 nitrogen and oxygen atoms in total. The maximum absolute atomic E-state index is 5.92. The SMILES string of the molecule is CC(C)NCc1c[nH]c2ccc(OCc3ccccc3)cc12. The van der Waals surface area contributed by atoms with E-state index >= 15 is 0 Å². The van der Waals surface area contributed by atoms with Gasteiger partial charge in [0.1, 0.15) is 12.4 Å². The number of hydrogen-bond acceptors (Lipinski definition) is 2. The van der Waals surface area contributed by atoms with Gasteiger partial charge in [-0.1, -0.05) is 44.2 Å². The molecule has 0 aliphatic carbocycles. The number of aromatic amines is 1. The first-order valence-electron chi connectivity index (χ1n) is 7.72. The molecule has 0 radical (unpaired) electrons. The molecule has 0 spiro atoms. The Morgan fingerprint density at radius 3 is 2.68 bits per heavy atom. The van der Waals surface area contributed by atoms with Crippen molar-refractivity contribution in [2.24, 2.45) is 0 Å². The van der Waals surface area contributed by atoms with Gasteiger partial charge >= 0.3 is 0 Å². The van der Waals surface area contributed by atoms with Crippen LogP contribution in [-0.2, 0) is 13.2 Å². The van der Waals surface area contributed by atoms with Crippen molar-refractivity contribution in [3.05, 3.63) is 65.9 Å². The summed E-state index contributed by atoms with van der Waals surface area (Å²) in [5.74, 6) is 0.904. The molecule has 114 valence electrons. The minimum atomic E-state index is 0.475. The third kappa shape index (κ3) is 3.49. The Morgan fingerprint density at radius 2 is 1.91 bits per heavy atom. The molecule has 0 bridgehead atoms. The molecule has 0 saturated carbocycles. The summed E-state index contributed by atoms with van der Waals surface area (Å²) in [5.41, 5.74) is 3.60. The molecule has 3 aromatic rings. The van der Waals surface area contributed by atoms with E-state index < -0.39 is 0 Å². The van der Waals surface area contributed by atoms with Crippen LogP contribution in [0.4, 0.5) is 0 Å².